The molecule has 1 atom stereocenters. The van der Waals surface area contributed by atoms with Crippen LogP contribution in [0.2, 0.25) is 0 Å². The molecule has 1 aliphatic carbocycles. The van der Waals surface area contributed by atoms with E-state index in [0.29, 0.717) is 5.41 Å². The molecule has 0 fully saturated rings. The van der Waals surface area contributed by atoms with Crippen LogP contribution in [0.5, 0.6) is 0 Å². The summed E-state index contributed by atoms with van der Waals surface area (Å²) in [7, 11) is 0. The summed E-state index contributed by atoms with van der Waals surface area (Å²) in [5.74, 6) is 0. The molecule has 1 aromatic rings. The van der Waals surface area contributed by atoms with E-state index in [1.807, 2.05) is 0 Å². The number of hydrogen-bond acceptors (Lipinski definition) is 1. The standard InChI is InChI=1S/C14H19Br2N/c1-3-14(4-2)6-5-12(17)10-7-9(15)8-11(16)13(10)14/h7-8,12H,3-6,17H2,1-2H3. The van der Waals surface area contributed by atoms with Gasteiger partial charge in [-0.25, -0.2) is 0 Å². The Morgan fingerprint density at radius 2 is 1.94 bits per heavy atom. The van der Waals surface area contributed by atoms with Crippen LogP contribution in [0.15, 0.2) is 21.1 Å². The Balaban J connectivity index is 2.66. The van der Waals surface area contributed by atoms with Crippen molar-refractivity contribution in [3.63, 3.8) is 0 Å². The summed E-state index contributed by atoms with van der Waals surface area (Å²) in [6.07, 6.45) is 4.67. The van der Waals surface area contributed by atoms with Crippen LogP contribution in [0.1, 0.15) is 56.7 Å². The lowest BCUT2D eigenvalue weighted by Crippen LogP contribution is -2.34. The van der Waals surface area contributed by atoms with Gasteiger partial charge in [0.1, 0.15) is 0 Å². The Labute approximate surface area is 120 Å². The van der Waals surface area contributed by atoms with Gasteiger partial charge in [-0.2, -0.15) is 0 Å². The highest BCUT2D eigenvalue weighted by Gasteiger charge is 2.37. The van der Waals surface area contributed by atoms with Crippen molar-refractivity contribution < 1.29 is 0 Å². The molecule has 2 N–H and O–H groups in total. The first-order valence-electron chi connectivity index (χ1n) is 6.29. The fourth-order valence-corrected chi connectivity index (χ4v) is 4.79. The lowest BCUT2D eigenvalue weighted by Gasteiger charge is -2.41. The van der Waals surface area contributed by atoms with Gasteiger partial charge in [-0.15, -0.1) is 0 Å². The molecule has 3 heteroatoms. The maximum absolute atomic E-state index is 6.27. The number of benzene rings is 1. The van der Waals surface area contributed by atoms with E-state index in [4.69, 9.17) is 5.73 Å². The van der Waals surface area contributed by atoms with Gasteiger partial charge in [0, 0.05) is 15.0 Å². The normalized spacial score (nSPS) is 22.3. The summed E-state index contributed by atoms with van der Waals surface area (Å²) >= 11 is 7.30. The average molecular weight is 361 g/mol. The highest BCUT2D eigenvalue weighted by atomic mass is 79.9. The second-order valence-corrected chi connectivity index (χ2v) is 6.75. The number of nitrogens with two attached hydrogens (primary N) is 1. The Morgan fingerprint density at radius 3 is 2.53 bits per heavy atom. The Hall–Kier alpha value is 0.140. The Kier molecular flexibility index (Phi) is 4.01. The maximum atomic E-state index is 6.27. The highest BCUT2D eigenvalue weighted by Crippen LogP contribution is 2.49. The number of rotatable bonds is 2. The molecule has 0 amide bonds. The summed E-state index contributed by atoms with van der Waals surface area (Å²) < 4.78 is 2.32. The number of hydrogen-bond donors (Lipinski definition) is 1. The van der Waals surface area contributed by atoms with E-state index in [0.717, 1.165) is 10.9 Å². The minimum Gasteiger partial charge on any atom is -0.324 e. The van der Waals surface area contributed by atoms with Gasteiger partial charge >= 0.3 is 0 Å². The van der Waals surface area contributed by atoms with Crippen molar-refractivity contribution in [1.29, 1.82) is 0 Å². The molecule has 0 spiro atoms. The van der Waals surface area contributed by atoms with Crippen LogP contribution in [-0.2, 0) is 5.41 Å². The molecule has 2 rings (SSSR count). The average Bonchev–Trinajstić information content (AvgIpc) is 2.31. The summed E-state index contributed by atoms with van der Waals surface area (Å²) in [5, 5.41) is 0. The van der Waals surface area contributed by atoms with Crippen LogP contribution >= 0.6 is 31.9 Å². The van der Waals surface area contributed by atoms with Crippen LogP contribution in [-0.4, -0.2) is 0 Å². The van der Waals surface area contributed by atoms with Gasteiger partial charge < -0.3 is 5.73 Å². The maximum Gasteiger partial charge on any atom is 0.0298 e. The lowest BCUT2D eigenvalue weighted by molar-refractivity contribution is 0.313. The number of fused-ring (bicyclic) bond motifs is 1. The zero-order chi connectivity index (χ0) is 12.6. The molecule has 1 aliphatic rings. The summed E-state index contributed by atoms with van der Waals surface area (Å²) in [6.45, 7) is 4.58. The summed E-state index contributed by atoms with van der Waals surface area (Å²) in [5.41, 5.74) is 9.35. The van der Waals surface area contributed by atoms with E-state index in [2.05, 4.69) is 57.8 Å². The quantitative estimate of drug-likeness (QED) is 0.783. The molecular formula is C14H19Br2N. The minimum atomic E-state index is 0.185. The van der Waals surface area contributed by atoms with E-state index in [-0.39, 0.29) is 6.04 Å². The van der Waals surface area contributed by atoms with Crippen LogP contribution in [0.4, 0.5) is 0 Å². The molecule has 1 unspecified atom stereocenters. The van der Waals surface area contributed by atoms with Crippen LogP contribution < -0.4 is 5.73 Å². The molecule has 0 saturated heterocycles. The second-order valence-electron chi connectivity index (χ2n) is 4.98. The Bertz CT molecular complexity index is 424. The van der Waals surface area contributed by atoms with Crippen molar-refractivity contribution in [2.75, 3.05) is 0 Å². The Morgan fingerprint density at radius 1 is 1.29 bits per heavy atom. The molecule has 0 radical (unpaired) electrons. The molecular weight excluding hydrogens is 342 g/mol. The highest BCUT2D eigenvalue weighted by molar-refractivity contribution is 9.11. The summed E-state index contributed by atoms with van der Waals surface area (Å²) in [6, 6.07) is 4.53. The van der Waals surface area contributed by atoms with Crippen molar-refractivity contribution in [1.82, 2.24) is 0 Å². The largest absolute Gasteiger partial charge is 0.324 e. The fourth-order valence-electron chi connectivity index (χ4n) is 3.11. The van der Waals surface area contributed by atoms with Gasteiger partial charge in [0.2, 0.25) is 0 Å². The first kappa shape index (κ1) is 13.6. The number of halogens is 2. The van der Waals surface area contributed by atoms with Crippen molar-refractivity contribution in [2.45, 2.75) is 51.0 Å². The van der Waals surface area contributed by atoms with Gasteiger partial charge in [-0.1, -0.05) is 45.7 Å². The van der Waals surface area contributed by atoms with Gasteiger partial charge in [0.25, 0.3) is 0 Å². The molecule has 94 valence electrons. The molecule has 0 bridgehead atoms. The first-order valence-corrected chi connectivity index (χ1v) is 7.87. The van der Waals surface area contributed by atoms with E-state index in [1.54, 1.807) is 0 Å². The third-order valence-corrected chi connectivity index (χ3v) is 5.39. The monoisotopic (exact) mass is 359 g/mol. The molecule has 0 heterocycles. The smallest absolute Gasteiger partial charge is 0.0298 e. The zero-order valence-corrected chi connectivity index (χ0v) is 13.6. The molecule has 1 aromatic carbocycles. The third-order valence-electron chi connectivity index (χ3n) is 4.30. The molecule has 1 nitrogen and oxygen atoms in total. The van der Waals surface area contributed by atoms with Crippen molar-refractivity contribution in [3.8, 4) is 0 Å². The van der Waals surface area contributed by atoms with E-state index < -0.39 is 0 Å². The van der Waals surface area contributed by atoms with Gasteiger partial charge in [0.15, 0.2) is 0 Å². The van der Waals surface area contributed by atoms with E-state index in [1.165, 1.54) is 34.9 Å². The van der Waals surface area contributed by atoms with Gasteiger partial charge in [0.05, 0.1) is 0 Å². The van der Waals surface area contributed by atoms with Crippen molar-refractivity contribution >= 4 is 31.9 Å². The lowest BCUT2D eigenvalue weighted by atomic mass is 9.66. The van der Waals surface area contributed by atoms with Gasteiger partial charge in [-0.3, -0.25) is 0 Å². The third kappa shape index (κ3) is 2.22. The molecule has 17 heavy (non-hydrogen) atoms. The molecule has 0 aromatic heterocycles. The van der Waals surface area contributed by atoms with E-state index >= 15 is 0 Å². The predicted molar refractivity (Wildman–Crippen MR) is 80.3 cm³/mol. The molecule has 0 aliphatic heterocycles. The second kappa shape index (κ2) is 5.02. The van der Waals surface area contributed by atoms with E-state index in [9.17, 15) is 0 Å². The van der Waals surface area contributed by atoms with Crippen LogP contribution in [0.3, 0.4) is 0 Å². The molecule has 0 saturated carbocycles. The predicted octanol–water partition coefficient (Wildman–Crippen LogP) is 5.06. The summed E-state index contributed by atoms with van der Waals surface area (Å²) in [4.78, 5) is 0. The van der Waals surface area contributed by atoms with Crippen LogP contribution in [0, 0.1) is 0 Å². The van der Waals surface area contributed by atoms with Crippen molar-refractivity contribution in [2.24, 2.45) is 5.73 Å². The van der Waals surface area contributed by atoms with Gasteiger partial charge in [-0.05, 0) is 54.4 Å². The van der Waals surface area contributed by atoms with Crippen molar-refractivity contribution in [3.05, 3.63) is 32.2 Å². The van der Waals surface area contributed by atoms with Crippen LogP contribution in [0.25, 0.3) is 0 Å². The fraction of sp³-hybridized carbons (Fsp3) is 0.571. The topological polar surface area (TPSA) is 26.0 Å². The first-order chi connectivity index (χ1) is 8.04. The minimum absolute atomic E-state index is 0.185. The SMILES string of the molecule is CCC1(CC)CCC(N)c2cc(Br)cc(Br)c21. The zero-order valence-electron chi connectivity index (χ0n) is 10.4.